The number of hydrogen-bond donors (Lipinski definition) is 2. The van der Waals surface area contributed by atoms with Crippen LogP contribution in [0.15, 0.2) is 6.08 Å². The van der Waals surface area contributed by atoms with Gasteiger partial charge in [0.25, 0.3) is 0 Å². The van der Waals surface area contributed by atoms with E-state index in [-0.39, 0.29) is 11.5 Å². The quantitative estimate of drug-likeness (QED) is 0.207. The Balaban J connectivity index is 2.67. The highest BCUT2D eigenvalue weighted by Gasteiger charge is 2.27. The van der Waals surface area contributed by atoms with E-state index < -0.39 is 13.3 Å². The Bertz CT molecular complexity index is 1050. The van der Waals surface area contributed by atoms with Crippen molar-refractivity contribution in [3.05, 3.63) is 51.1 Å². The second-order valence-electron chi connectivity index (χ2n) is 6.62. The van der Waals surface area contributed by atoms with Gasteiger partial charge in [-0.25, -0.2) is 8.63 Å². The number of H-pyrrole nitrogens is 2. The highest BCUT2D eigenvalue weighted by atomic mass is 19.2. The highest BCUT2D eigenvalue weighted by Crippen LogP contribution is 2.29. The van der Waals surface area contributed by atoms with Crippen LogP contribution in [0.25, 0.3) is 5.76 Å². The van der Waals surface area contributed by atoms with Crippen molar-refractivity contribution < 1.29 is 18.1 Å². The monoisotopic (exact) mass is 410 g/mol. The maximum Gasteiger partial charge on any atom is 0.796 e. The fourth-order valence-electron chi connectivity index (χ4n) is 3.84. The van der Waals surface area contributed by atoms with Gasteiger partial charge in [0.15, 0.2) is 0 Å². The van der Waals surface area contributed by atoms with Crippen molar-refractivity contribution in [1.29, 1.82) is 0 Å². The molecule has 0 unspecified atom stereocenters. The third-order valence-corrected chi connectivity index (χ3v) is 5.11. The third kappa shape index (κ3) is 4.36. The van der Waals surface area contributed by atoms with Gasteiger partial charge in [0.1, 0.15) is 5.76 Å². The predicted octanol–water partition coefficient (Wildman–Crippen LogP) is 4.72. The first-order chi connectivity index (χ1) is 14.4. The average molecular weight is 410 g/mol. The summed E-state index contributed by atoms with van der Waals surface area (Å²) in [5, 5.41) is 0. The molecule has 2 aromatic rings. The molecule has 0 amide bonds. The summed E-state index contributed by atoms with van der Waals surface area (Å²) in [5.41, 5.74) is 4.88. The first kappa shape index (κ1) is 23.1. The van der Waals surface area contributed by atoms with Crippen LogP contribution in [0.2, 0.25) is 0 Å². The minimum atomic E-state index is -3.10. The minimum absolute atomic E-state index is 0.250. The molecule has 0 fully saturated rings. The second-order valence-corrected chi connectivity index (χ2v) is 6.62. The van der Waals surface area contributed by atoms with Gasteiger partial charge in [-0.3, -0.25) is 4.79 Å². The molecule has 2 rings (SSSR count). The van der Waals surface area contributed by atoms with Crippen molar-refractivity contribution >= 4 is 19.0 Å². The summed E-state index contributed by atoms with van der Waals surface area (Å²) >= 11 is 0. The SMILES string of the molecule is C#Cc1[nH]c(C(=O)/C=C(\OB(F)F)c2[nH]c(C#C)c(CC)c2CC)c(CC)c1CC. The molecule has 0 atom stereocenters. The van der Waals surface area contributed by atoms with Gasteiger partial charge in [-0.15, -0.1) is 12.8 Å². The highest BCUT2D eigenvalue weighted by molar-refractivity contribution is 6.36. The van der Waals surface area contributed by atoms with E-state index in [2.05, 4.69) is 21.8 Å². The van der Waals surface area contributed by atoms with E-state index in [1.165, 1.54) is 0 Å². The van der Waals surface area contributed by atoms with Gasteiger partial charge >= 0.3 is 7.47 Å². The molecule has 7 heteroatoms. The van der Waals surface area contributed by atoms with Crippen molar-refractivity contribution in [3.63, 3.8) is 0 Å². The molecule has 0 aromatic carbocycles. The van der Waals surface area contributed by atoms with E-state index >= 15 is 0 Å². The van der Waals surface area contributed by atoms with Crippen LogP contribution in [0.5, 0.6) is 0 Å². The molecular weight excluding hydrogens is 385 g/mol. The zero-order valence-electron chi connectivity index (χ0n) is 17.7. The van der Waals surface area contributed by atoms with E-state index in [1.807, 2.05) is 27.7 Å². The maximum absolute atomic E-state index is 13.2. The number of ketones is 1. The fraction of sp³-hybridized carbons (Fsp3) is 0.348. The second kappa shape index (κ2) is 10.0. The Kier molecular flexibility index (Phi) is 7.72. The summed E-state index contributed by atoms with van der Waals surface area (Å²) in [4.78, 5) is 19.0. The molecule has 0 aliphatic carbocycles. The van der Waals surface area contributed by atoms with Crippen molar-refractivity contribution in [2.75, 3.05) is 0 Å². The molecule has 0 aliphatic rings. The third-order valence-electron chi connectivity index (χ3n) is 5.11. The van der Waals surface area contributed by atoms with Gasteiger partial charge in [-0.05, 0) is 47.9 Å². The molecule has 0 saturated heterocycles. The molecule has 0 radical (unpaired) electrons. The molecule has 0 saturated carbocycles. The lowest BCUT2D eigenvalue weighted by Gasteiger charge is -2.10. The van der Waals surface area contributed by atoms with Gasteiger partial charge in [-0.1, -0.05) is 39.5 Å². The first-order valence-corrected chi connectivity index (χ1v) is 9.98. The minimum Gasteiger partial charge on any atom is -0.503 e. The van der Waals surface area contributed by atoms with Gasteiger partial charge in [-0.2, -0.15) is 0 Å². The summed E-state index contributed by atoms with van der Waals surface area (Å²) in [6.45, 7) is 7.67. The molecule has 0 aliphatic heterocycles. The Morgan fingerprint density at radius 2 is 1.33 bits per heavy atom. The van der Waals surface area contributed by atoms with Crippen molar-refractivity contribution in [2.24, 2.45) is 0 Å². The fourth-order valence-corrected chi connectivity index (χ4v) is 3.84. The molecule has 0 bridgehead atoms. The molecule has 30 heavy (non-hydrogen) atoms. The number of allylic oxidation sites excluding steroid dienone is 1. The molecule has 2 N–H and O–H groups in total. The summed E-state index contributed by atoms with van der Waals surface area (Å²) in [6, 6.07) is 0. The number of carbonyl (C=O) groups is 1. The molecule has 4 nitrogen and oxygen atoms in total. The number of carbonyl (C=O) groups excluding carboxylic acids is 1. The smallest absolute Gasteiger partial charge is 0.503 e. The van der Waals surface area contributed by atoms with Crippen molar-refractivity contribution in [2.45, 2.75) is 53.4 Å². The van der Waals surface area contributed by atoms with Crippen molar-refractivity contribution in [1.82, 2.24) is 9.97 Å². The van der Waals surface area contributed by atoms with Crippen molar-refractivity contribution in [3.8, 4) is 24.7 Å². The normalized spacial score (nSPS) is 11.1. The zero-order valence-corrected chi connectivity index (χ0v) is 17.7. The van der Waals surface area contributed by atoms with Crippen LogP contribution in [0.1, 0.15) is 77.5 Å². The Morgan fingerprint density at radius 1 is 0.900 bits per heavy atom. The lowest BCUT2D eigenvalue weighted by molar-refractivity contribution is 0.104. The van der Waals surface area contributed by atoms with E-state index in [0.717, 1.165) is 28.3 Å². The Labute approximate surface area is 176 Å². The Hall–Kier alpha value is -3.19. The topological polar surface area (TPSA) is 57.9 Å². The summed E-state index contributed by atoms with van der Waals surface area (Å²) in [5.74, 6) is 4.35. The lowest BCUT2D eigenvalue weighted by Crippen LogP contribution is -2.09. The number of halogens is 2. The van der Waals surface area contributed by atoms with Crippen LogP contribution in [0.4, 0.5) is 8.63 Å². The largest absolute Gasteiger partial charge is 0.796 e. The number of terminal acetylenes is 2. The van der Waals surface area contributed by atoms with Crippen LogP contribution in [0.3, 0.4) is 0 Å². The number of aromatic amines is 2. The van der Waals surface area contributed by atoms with E-state index in [4.69, 9.17) is 17.5 Å². The van der Waals surface area contributed by atoms with Crippen LogP contribution in [-0.2, 0) is 30.3 Å². The molecular formula is C23H25BF2N2O2. The lowest BCUT2D eigenvalue weighted by atomic mass is 10.0. The summed E-state index contributed by atoms with van der Waals surface area (Å²) in [7, 11) is -3.10. The predicted molar refractivity (Wildman–Crippen MR) is 116 cm³/mol. The maximum atomic E-state index is 13.2. The van der Waals surface area contributed by atoms with Gasteiger partial charge in [0.2, 0.25) is 5.78 Å². The number of hydrogen-bond acceptors (Lipinski definition) is 2. The zero-order chi connectivity index (χ0) is 22.4. The van der Waals surface area contributed by atoms with Crippen LogP contribution >= 0.6 is 0 Å². The first-order valence-electron chi connectivity index (χ1n) is 9.98. The number of aromatic nitrogens is 2. The van der Waals surface area contributed by atoms with Gasteiger partial charge < -0.3 is 14.6 Å². The van der Waals surface area contributed by atoms with Gasteiger partial charge in [0, 0.05) is 6.08 Å². The van der Waals surface area contributed by atoms with Crippen LogP contribution < -0.4 is 0 Å². The standard InChI is InChI=1S/C23H25BF2N2O2/c1-7-14-16(9-3)22(27-18(14)11-5)20(29)13-21(30-24(25)26)23-17(10-4)15(8-2)19(12-6)28-23/h5-6,13,27-28H,7-10H2,1-4H3/b21-13-. The van der Waals surface area contributed by atoms with E-state index in [9.17, 15) is 13.4 Å². The summed E-state index contributed by atoms with van der Waals surface area (Å²) < 4.78 is 31.1. The van der Waals surface area contributed by atoms with Crippen LogP contribution in [-0.4, -0.2) is 23.2 Å². The molecule has 2 heterocycles. The number of rotatable bonds is 9. The molecule has 2 aromatic heterocycles. The number of nitrogens with one attached hydrogen (secondary N) is 2. The van der Waals surface area contributed by atoms with E-state index in [0.29, 0.717) is 42.8 Å². The van der Waals surface area contributed by atoms with E-state index in [1.54, 1.807) is 0 Å². The summed E-state index contributed by atoms with van der Waals surface area (Å²) in [6.07, 6.45) is 14.6. The van der Waals surface area contributed by atoms with Gasteiger partial charge in [0.05, 0.1) is 22.8 Å². The molecule has 156 valence electrons. The van der Waals surface area contributed by atoms with Crippen LogP contribution in [0, 0.1) is 24.7 Å². The average Bonchev–Trinajstić information content (AvgIpc) is 3.29. The Morgan fingerprint density at radius 3 is 1.73 bits per heavy atom. The molecule has 0 spiro atoms.